The Morgan fingerprint density at radius 1 is 1.05 bits per heavy atom. The highest BCUT2D eigenvalue weighted by atomic mass is 32.2. The lowest BCUT2D eigenvalue weighted by atomic mass is 10.1. The Balaban J connectivity index is 1.28. The van der Waals surface area contributed by atoms with E-state index >= 15 is 0 Å². The van der Waals surface area contributed by atoms with Gasteiger partial charge in [0.05, 0.1) is 27.8 Å². The molecule has 216 valence electrons. The number of anilines is 3. The number of carbonyl (C=O) groups is 2. The summed E-state index contributed by atoms with van der Waals surface area (Å²) in [7, 11) is -3.09. The number of aryl methyl sites for hydroxylation is 1. The molecule has 42 heavy (non-hydrogen) atoms. The molecule has 1 saturated heterocycles. The van der Waals surface area contributed by atoms with E-state index in [1.54, 1.807) is 42.2 Å². The molecule has 1 atom stereocenters. The number of rotatable bonds is 4. The number of nitrogens with one attached hydrogen (secondary N) is 1. The summed E-state index contributed by atoms with van der Waals surface area (Å²) in [4.78, 5) is 36.7. The summed E-state index contributed by atoms with van der Waals surface area (Å²) >= 11 is 1.32. The second kappa shape index (κ2) is 11.0. The van der Waals surface area contributed by atoms with Crippen LogP contribution in [0, 0.1) is 12.7 Å². The van der Waals surface area contributed by atoms with Crippen molar-refractivity contribution >= 4 is 50.2 Å². The zero-order chi connectivity index (χ0) is 29.6. The van der Waals surface area contributed by atoms with Gasteiger partial charge in [-0.15, -0.1) is 11.3 Å². The highest BCUT2D eigenvalue weighted by Gasteiger charge is 2.31. The van der Waals surface area contributed by atoms with Gasteiger partial charge >= 0.3 is 0 Å². The van der Waals surface area contributed by atoms with Crippen LogP contribution in [0.3, 0.4) is 0 Å². The molecule has 0 saturated carbocycles. The summed E-state index contributed by atoms with van der Waals surface area (Å²) in [6, 6.07) is 19.1. The van der Waals surface area contributed by atoms with Crippen LogP contribution in [0.4, 0.5) is 21.6 Å². The summed E-state index contributed by atoms with van der Waals surface area (Å²) < 4.78 is 38.5. The Morgan fingerprint density at radius 3 is 2.62 bits per heavy atom. The van der Waals surface area contributed by atoms with E-state index in [9.17, 15) is 22.4 Å². The fourth-order valence-corrected chi connectivity index (χ4v) is 8.26. The molecule has 2 aromatic carbocycles. The molecule has 1 unspecified atom stereocenters. The van der Waals surface area contributed by atoms with Gasteiger partial charge in [0.2, 0.25) is 0 Å². The van der Waals surface area contributed by atoms with Gasteiger partial charge in [0, 0.05) is 29.6 Å². The molecule has 2 amide bonds. The van der Waals surface area contributed by atoms with Crippen LogP contribution in [0.15, 0.2) is 66.7 Å². The summed E-state index contributed by atoms with van der Waals surface area (Å²) in [6.07, 6.45) is 0.513. The normalized spacial score (nSPS) is 17.6. The van der Waals surface area contributed by atoms with E-state index in [-0.39, 0.29) is 40.7 Å². The molecule has 1 fully saturated rings. The van der Waals surface area contributed by atoms with Gasteiger partial charge in [-0.3, -0.25) is 9.59 Å². The number of carbonyl (C=O) groups excluding carboxylic acids is 2. The highest BCUT2D eigenvalue weighted by molar-refractivity contribution is 7.91. The smallest absolute Gasteiger partial charge is 0.276 e. The van der Waals surface area contributed by atoms with Gasteiger partial charge in [0.1, 0.15) is 17.3 Å². The molecule has 0 spiro atoms. The lowest BCUT2D eigenvalue weighted by Gasteiger charge is -2.34. The molecule has 8 nitrogen and oxygen atoms in total. The predicted molar refractivity (Wildman–Crippen MR) is 164 cm³/mol. The maximum absolute atomic E-state index is 14.4. The van der Waals surface area contributed by atoms with Crippen LogP contribution in [0.2, 0.25) is 0 Å². The van der Waals surface area contributed by atoms with E-state index in [4.69, 9.17) is 0 Å². The Bertz CT molecular complexity index is 1800. The van der Waals surface area contributed by atoms with Crippen molar-refractivity contribution in [2.75, 3.05) is 39.7 Å². The number of amides is 2. The number of halogens is 1. The van der Waals surface area contributed by atoms with Crippen LogP contribution >= 0.6 is 11.3 Å². The topological polar surface area (TPSA) is 99.7 Å². The third-order valence-corrected chi connectivity index (χ3v) is 10.7. The van der Waals surface area contributed by atoms with E-state index in [2.05, 4.69) is 10.3 Å². The van der Waals surface area contributed by atoms with E-state index in [1.165, 1.54) is 17.4 Å². The lowest BCUT2D eigenvalue weighted by Crippen LogP contribution is -2.47. The molecule has 0 radical (unpaired) electrons. The predicted octanol–water partition coefficient (Wildman–Crippen LogP) is 5.34. The fourth-order valence-electron chi connectivity index (χ4n) is 5.56. The number of hydrogen-bond acceptors (Lipinski definition) is 7. The molecular formula is C31H29FN4O4S2. The van der Waals surface area contributed by atoms with Gasteiger partial charge in [-0.1, -0.05) is 36.4 Å². The van der Waals surface area contributed by atoms with E-state index < -0.39 is 15.7 Å². The Kier molecular flexibility index (Phi) is 7.32. The standard InChI is InChI=1S/C31H29FN4O4S2/c1-19-7-5-9-23(32)28(19)34-30(37)26-17-21-13-14-36(25-11-4-3-8-22(25)29(21)41-26)31(38)24-10-6-12-27(33-24)35-15-16-42(39,40)18-20(35)2/h3-12,17,20H,13-16,18H2,1-2H3,(H,34,37). The molecule has 11 heteroatoms. The van der Waals surface area contributed by atoms with E-state index in [0.717, 1.165) is 16.0 Å². The number of hydrogen-bond donors (Lipinski definition) is 1. The molecule has 1 N–H and O–H groups in total. The summed E-state index contributed by atoms with van der Waals surface area (Å²) in [5.74, 6) is -0.449. The molecular weight excluding hydrogens is 575 g/mol. The van der Waals surface area contributed by atoms with Gasteiger partial charge in [-0.2, -0.15) is 0 Å². The molecule has 2 aliphatic heterocycles. The highest BCUT2D eigenvalue weighted by Crippen LogP contribution is 2.42. The van der Waals surface area contributed by atoms with Crippen molar-refractivity contribution in [3.8, 4) is 10.4 Å². The second-order valence-electron chi connectivity index (χ2n) is 10.6. The van der Waals surface area contributed by atoms with Crippen LogP contribution in [0.1, 0.15) is 38.2 Å². The molecule has 0 aliphatic carbocycles. The van der Waals surface area contributed by atoms with Gasteiger partial charge in [0.15, 0.2) is 9.84 Å². The SMILES string of the molecule is Cc1cccc(F)c1NC(=O)c1cc2c(s1)-c1ccccc1N(C(=O)c1cccc(N3CCS(=O)(=O)CC3C)n1)CC2. The summed E-state index contributed by atoms with van der Waals surface area (Å²) in [5.41, 5.74) is 3.55. The van der Waals surface area contributed by atoms with Crippen LogP contribution in [-0.2, 0) is 16.3 Å². The summed E-state index contributed by atoms with van der Waals surface area (Å²) in [5, 5.41) is 2.72. The molecule has 2 aliphatic rings. The first-order valence-corrected chi connectivity index (χ1v) is 16.3. The number of para-hydroxylation sites is 2. The second-order valence-corrected chi connectivity index (χ2v) is 13.9. The minimum Gasteiger partial charge on any atom is -0.352 e. The van der Waals surface area contributed by atoms with Crippen molar-refractivity contribution in [3.63, 3.8) is 0 Å². The fraction of sp³-hybridized carbons (Fsp3) is 0.258. The maximum atomic E-state index is 14.4. The first-order chi connectivity index (χ1) is 20.1. The van der Waals surface area contributed by atoms with Gasteiger partial charge < -0.3 is 15.1 Å². The number of fused-ring (bicyclic) bond motifs is 3. The molecule has 6 rings (SSSR count). The number of aromatic nitrogens is 1. The maximum Gasteiger partial charge on any atom is 0.276 e. The van der Waals surface area contributed by atoms with Crippen LogP contribution in [-0.4, -0.2) is 55.9 Å². The number of thiophene rings is 1. The number of pyridine rings is 1. The number of sulfone groups is 1. The third kappa shape index (κ3) is 5.30. The number of benzene rings is 2. The monoisotopic (exact) mass is 604 g/mol. The van der Waals surface area contributed by atoms with Crippen LogP contribution < -0.4 is 15.1 Å². The van der Waals surface area contributed by atoms with Crippen molar-refractivity contribution in [3.05, 3.63) is 94.2 Å². The lowest BCUT2D eigenvalue weighted by molar-refractivity contribution is 0.0981. The zero-order valence-electron chi connectivity index (χ0n) is 23.1. The molecule has 4 aromatic rings. The van der Waals surface area contributed by atoms with Crippen molar-refractivity contribution < 1.29 is 22.4 Å². The largest absolute Gasteiger partial charge is 0.352 e. The average molecular weight is 605 g/mol. The van der Waals surface area contributed by atoms with E-state index in [0.29, 0.717) is 41.5 Å². The zero-order valence-corrected chi connectivity index (χ0v) is 24.8. The minimum atomic E-state index is -3.09. The van der Waals surface area contributed by atoms with Crippen molar-refractivity contribution in [1.29, 1.82) is 0 Å². The first kappa shape index (κ1) is 28.0. The van der Waals surface area contributed by atoms with Gasteiger partial charge in [-0.05, 0) is 61.7 Å². The molecule has 2 aromatic heterocycles. The van der Waals surface area contributed by atoms with Crippen LogP contribution in [0.5, 0.6) is 0 Å². The minimum absolute atomic E-state index is 0.0503. The Hall–Kier alpha value is -4.09. The Labute approximate surface area is 247 Å². The van der Waals surface area contributed by atoms with E-state index in [1.807, 2.05) is 42.2 Å². The average Bonchev–Trinajstić information content (AvgIpc) is 3.32. The molecule has 4 heterocycles. The van der Waals surface area contributed by atoms with Crippen molar-refractivity contribution in [2.45, 2.75) is 26.3 Å². The number of nitrogens with zero attached hydrogens (tertiary/aromatic N) is 3. The Morgan fingerprint density at radius 2 is 1.83 bits per heavy atom. The quantitative estimate of drug-likeness (QED) is 0.338. The third-order valence-electron chi connectivity index (χ3n) is 7.70. The van der Waals surface area contributed by atoms with Crippen molar-refractivity contribution in [2.24, 2.45) is 0 Å². The summed E-state index contributed by atoms with van der Waals surface area (Å²) in [6.45, 7) is 4.29. The molecule has 0 bridgehead atoms. The van der Waals surface area contributed by atoms with Gasteiger partial charge in [-0.25, -0.2) is 17.8 Å². The van der Waals surface area contributed by atoms with Gasteiger partial charge in [0.25, 0.3) is 11.8 Å². The first-order valence-electron chi connectivity index (χ1n) is 13.7. The van der Waals surface area contributed by atoms with Crippen LogP contribution in [0.25, 0.3) is 10.4 Å². The van der Waals surface area contributed by atoms with Crippen molar-refractivity contribution in [1.82, 2.24) is 4.98 Å².